The maximum atomic E-state index is 12.3. The van der Waals surface area contributed by atoms with Gasteiger partial charge in [0.25, 0.3) is 11.1 Å². The van der Waals surface area contributed by atoms with E-state index in [1.54, 1.807) is 18.2 Å². The van der Waals surface area contributed by atoms with Crippen LogP contribution in [0.25, 0.3) is 6.08 Å². The Kier molecular flexibility index (Phi) is 6.18. The molecule has 0 radical (unpaired) electrons. The van der Waals surface area contributed by atoms with Crippen molar-refractivity contribution in [3.63, 3.8) is 0 Å². The van der Waals surface area contributed by atoms with Gasteiger partial charge in [0.05, 0.1) is 17.0 Å². The Morgan fingerprint density at radius 1 is 1.42 bits per heavy atom. The largest absolute Gasteiger partial charge is 0.493 e. The minimum absolute atomic E-state index is 0.0608. The van der Waals surface area contributed by atoms with Crippen LogP contribution in [-0.2, 0) is 4.79 Å². The Bertz CT molecular complexity index is 739. The number of imide groups is 1. The number of benzene rings is 1. The second-order valence-corrected chi connectivity index (χ2v) is 6.26. The Morgan fingerprint density at radius 2 is 2.17 bits per heavy atom. The van der Waals surface area contributed by atoms with E-state index in [0.717, 1.165) is 11.8 Å². The van der Waals surface area contributed by atoms with Gasteiger partial charge in [0, 0.05) is 6.54 Å². The Morgan fingerprint density at radius 3 is 2.79 bits per heavy atom. The summed E-state index contributed by atoms with van der Waals surface area (Å²) in [6.07, 6.45) is 7.50. The number of hydrogen-bond acceptors (Lipinski definition) is 5. The van der Waals surface area contributed by atoms with Gasteiger partial charge in [-0.25, -0.2) is 0 Å². The highest BCUT2D eigenvalue weighted by Gasteiger charge is 2.34. The standard InChI is InChI=1S/C17H16ClNO4S/c1-4-6-19-16(20)14(24-17(19)21)10-11-8-12(18)15(23-7-5-2)13(9-11)22-3/h2,8-10H,4,6-7H2,1,3H3/b14-10-. The summed E-state index contributed by atoms with van der Waals surface area (Å²) in [5, 5.41) is 0.0452. The van der Waals surface area contributed by atoms with Gasteiger partial charge in [-0.1, -0.05) is 24.4 Å². The van der Waals surface area contributed by atoms with Crippen molar-refractivity contribution in [3.8, 4) is 23.8 Å². The average molecular weight is 366 g/mol. The molecule has 0 saturated carbocycles. The van der Waals surface area contributed by atoms with E-state index < -0.39 is 0 Å². The van der Waals surface area contributed by atoms with Crippen molar-refractivity contribution in [2.24, 2.45) is 0 Å². The highest BCUT2D eigenvalue weighted by molar-refractivity contribution is 8.18. The van der Waals surface area contributed by atoms with Crippen LogP contribution in [0.3, 0.4) is 0 Å². The number of terminal acetylenes is 1. The van der Waals surface area contributed by atoms with Crippen LogP contribution in [-0.4, -0.2) is 36.3 Å². The molecule has 0 atom stereocenters. The first-order valence-electron chi connectivity index (χ1n) is 7.21. The minimum atomic E-state index is -0.297. The zero-order chi connectivity index (χ0) is 17.7. The lowest BCUT2D eigenvalue weighted by Crippen LogP contribution is -2.28. The highest BCUT2D eigenvalue weighted by atomic mass is 35.5. The average Bonchev–Trinajstić information content (AvgIpc) is 2.81. The SMILES string of the molecule is C#CCOc1c(Cl)cc(/C=C2\SC(=O)N(CCC)C2=O)cc1OC. The fraction of sp³-hybridized carbons (Fsp3) is 0.294. The molecule has 0 aromatic heterocycles. The Balaban J connectivity index is 2.33. The van der Waals surface area contributed by atoms with Crippen LogP contribution in [0, 0.1) is 12.3 Å². The van der Waals surface area contributed by atoms with Gasteiger partial charge in [-0.15, -0.1) is 6.42 Å². The number of amides is 2. The Labute approximate surface area is 149 Å². The lowest BCUT2D eigenvalue weighted by atomic mass is 10.1. The highest BCUT2D eigenvalue weighted by Crippen LogP contribution is 2.38. The number of ether oxygens (including phenoxy) is 2. The number of thioether (sulfide) groups is 1. The molecule has 5 nitrogen and oxygen atoms in total. The molecule has 126 valence electrons. The zero-order valence-corrected chi connectivity index (χ0v) is 14.9. The third-order valence-electron chi connectivity index (χ3n) is 3.17. The number of carbonyl (C=O) groups excluding carboxylic acids is 2. The van der Waals surface area contributed by atoms with Gasteiger partial charge in [0.1, 0.15) is 6.61 Å². The summed E-state index contributed by atoms with van der Waals surface area (Å²) in [5.41, 5.74) is 0.631. The minimum Gasteiger partial charge on any atom is -0.493 e. The van der Waals surface area contributed by atoms with Gasteiger partial charge < -0.3 is 9.47 Å². The molecule has 1 aromatic carbocycles. The number of halogens is 1. The second-order valence-electron chi connectivity index (χ2n) is 4.86. The monoisotopic (exact) mass is 365 g/mol. The van der Waals surface area contributed by atoms with Crippen LogP contribution in [0.2, 0.25) is 5.02 Å². The maximum absolute atomic E-state index is 12.3. The summed E-state index contributed by atoms with van der Waals surface area (Å²) in [6.45, 7) is 2.38. The molecule has 0 spiro atoms. The molecule has 2 rings (SSSR count). The van der Waals surface area contributed by atoms with Crippen molar-refractivity contribution in [3.05, 3.63) is 27.6 Å². The van der Waals surface area contributed by atoms with Crippen molar-refractivity contribution in [2.45, 2.75) is 13.3 Å². The fourth-order valence-electron chi connectivity index (χ4n) is 2.14. The maximum Gasteiger partial charge on any atom is 0.293 e. The number of carbonyl (C=O) groups is 2. The van der Waals surface area contributed by atoms with Crippen LogP contribution in [0.4, 0.5) is 4.79 Å². The van der Waals surface area contributed by atoms with Gasteiger partial charge in [-0.3, -0.25) is 14.5 Å². The number of methoxy groups -OCH3 is 1. The topological polar surface area (TPSA) is 55.8 Å². The normalized spacial score (nSPS) is 15.8. The van der Waals surface area contributed by atoms with Crippen molar-refractivity contribution in [1.82, 2.24) is 4.90 Å². The molecule has 7 heteroatoms. The van der Waals surface area contributed by atoms with Crippen LogP contribution in [0.15, 0.2) is 17.0 Å². The number of nitrogens with zero attached hydrogens (tertiary/aromatic N) is 1. The molecule has 2 amide bonds. The summed E-state index contributed by atoms with van der Waals surface area (Å²) >= 11 is 7.12. The van der Waals surface area contributed by atoms with E-state index in [9.17, 15) is 9.59 Å². The summed E-state index contributed by atoms with van der Waals surface area (Å²) in [7, 11) is 1.48. The molecule has 1 aromatic rings. The predicted molar refractivity (Wildman–Crippen MR) is 95.3 cm³/mol. The summed E-state index contributed by atoms with van der Waals surface area (Å²) < 4.78 is 10.6. The molecule has 0 aliphatic carbocycles. The second kappa shape index (κ2) is 8.13. The summed E-state index contributed by atoms with van der Waals surface area (Å²) in [5.74, 6) is 2.80. The first kappa shape index (κ1) is 18.2. The third kappa shape index (κ3) is 3.86. The first-order valence-corrected chi connectivity index (χ1v) is 8.40. The van der Waals surface area contributed by atoms with Gasteiger partial charge in [0.15, 0.2) is 11.5 Å². The molecule has 1 saturated heterocycles. The van der Waals surface area contributed by atoms with E-state index in [2.05, 4.69) is 5.92 Å². The van der Waals surface area contributed by atoms with Crippen LogP contribution in [0.1, 0.15) is 18.9 Å². The molecule has 24 heavy (non-hydrogen) atoms. The third-order valence-corrected chi connectivity index (χ3v) is 4.36. The van der Waals surface area contributed by atoms with E-state index in [0.29, 0.717) is 40.0 Å². The molecule has 1 fully saturated rings. The van der Waals surface area contributed by atoms with E-state index in [-0.39, 0.29) is 17.8 Å². The van der Waals surface area contributed by atoms with Crippen molar-refractivity contribution in [1.29, 1.82) is 0 Å². The predicted octanol–water partition coefficient (Wildman–Crippen LogP) is 3.81. The van der Waals surface area contributed by atoms with E-state index in [1.807, 2.05) is 6.92 Å². The van der Waals surface area contributed by atoms with Crippen molar-refractivity contribution < 1.29 is 19.1 Å². The molecule has 0 bridgehead atoms. The van der Waals surface area contributed by atoms with E-state index in [4.69, 9.17) is 27.5 Å². The lowest BCUT2D eigenvalue weighted by molar-refractivity contribution is -0.122. The van der Waals surface area contributed by atoms with E-state index in [1.165, 1.54) is 12.0 Å². The zero-order valence-electron chi connectivity index (χ0n) is 13.3. The molecular weight excluding hydrogens is 350 g/mol. The van der Waals surface area contributed by atoms with Gasteiger partial charge in [-0.2, -0.15) is 0 Å². The quantitative estimate of drug-likeness (QED) is 0.566. The lowest BCUT2D eigenvalue weighted by Gasteiger charge is -2.12. The van der Waals surface area contributed by atoms with Crippen molar-refractivity contribution >= 4 is 40.6 Å². The molecule has 1 aliphatic heterocycles. The summed E-state index contributed by atoms with van der Waals surface area (Å²) in [6, 6.07) is 3.30. The van der Waals surface area contributed by atoms with Crippen LogP contribution in [0.5, 0.6) is 11.5 Å². The smallest absolute Gasteiger partial charge is 0.293 e. The van der Waals surface area contributed by atoms with Gasteiger partial charge >= 0.3 is 0 Å². The van der Waals surface area contributed by atoms with Gasteiger partial charge in [0.2, 0.25) is 0 Å². The Hall–Kier alpha value is -2.10. The van der Waals surface area contributed by atoms with Gasteiger partial charge in [-0.05, 0) is 42.0 Å². The molecule has 0 unspecified atom stereocenters. The molecule has 1 aliphatic rings. The van der Waals surface area contributed by atoms with Crippen LogP contribution < -0.4 is 9.47 Å². The first-order chi connectivity index (χ1) is 11.5. The van der Waals surface area contributed by atoms with E-state index >= 15 is 0 Å². The molecule has 0 N–H and O–H groups in total. The number of hydrogen-bond donors (Lipinski definition) is 0. The fourth-order valence-corrected chi connectivity index (χ4v) is 3.28. The van der Waals surface area contributed by atoms with Crippen LogP contribution >= 0.6 is 23.4 Å². The summed E-state index contributed by atoms with van der Waals surface area (Å²) in [4.78, 5) is 25.7. The molecule has 1 heterocycles. The molecular formula is C17H16ClNO4S. The number of rotatable bonds is 6. The van der Waals surface area contributed by atoms with Crippen molar-refractivity contribution in [2.75, 3.05) is 20.3 Å².